The number of halogens is 5. The fourth-order valence-electron chi connectivity index (χ4n) is 4.34. The molecule has 0 aliphatic heterocycles. The van der Waals surface area contributed by atoms with Gasteiger partial charge in [0.1, 0.15) is 18.6 Å². The number of anilines is 1. The molecule has 0 aliphatic carbocycles. The number of carbonyl (C=O) groups excluding carboxylic acids is 5. The van der Waals surface area contributed by atoms with E-state index in [4.69, 9.17) is 26.8 Å². The van der Waals surface area contributed by atoms with Crippen LogP contribution < -0.4 is 26.5 Å². The number of benzene rings is 3. The predicted molar refractivity (Wildman–Crippen MR) is 172 cm³/mol. The predicted octanol–water partition coefficient (Wildman–Crippen LogP) is 3.98. The quantitative estimate of drug-likeness (QED) is 0.0716. The Balaban J connectivity index is 1.90. The minimum Gasteiger partial charge on any atom is -0.477 e. The van der Waals surface area contributed by atoms with E-state index in [1.165, 1.54) is 37.3 Å². The average Bonchev–Trinajstić information content (AvgIpc) is 3.05. The van der Waals surface area contributed by atoms with Gasteiger partial charge in [-0.2, -0.15) is 8.78 Å². The molecule has 3 aromatic rings. The lowest BCUT2D eigenvalue weighted by Gasteiger charge is -2.32. The molecule has 268 valence electrons. The lowest BCUT2D eigenvalue weighted by molar-refractivity contribution is -0.154. The summed E-state index contributed by atoms with van der Waals surface area (Å²) in [6, 6.07) is 8.90. The van der Waals surface area contributed by atoms with Gasteiger partial charge in [-0.25, -0.2) is 13.8 Å². The number of nitrogen functional groups attached to an aromatic ring is 1. The van der Waals surface area contributed by atoms with Crippen molar-refractivity contribution in [3.63, 3.8) is 0 Å². The molecule has 0 heterocycles. The molecule has 0 radical (unpaired) electrons. The number of hydrogen-bond donors (Lipinski definition) is 4. The van der Waals surface area contributed by atoms with Gasteiger partial charge < -0.3 is 25.8 Å². The Hall–Kier alpha value is -5.38. The highest BCUT2D eigenvalue weighted by Crippen LogP contribution is 2.27. The molecule has 2 unspecified atom stereocenters. The second-order valence-corrected chi connectivity index (χ2v) is 12.1. The third-order valence-electron chi connectivity index (χ3n) is 6.90. The van der Waals surface area contributed by atoms with Gasteiger partial charge in [0.2, 0.25) is 17.5 Å². The van der Waals surface area contributed by atoms with E-state index < -0.39 is 89.3 Å². The number of esters is 1. The molecule has 0 fully saturated rings. The number of nitrogens with zero attached hydrogens (tertiary/aromatic N) is 1. The van der Waals surface area contributed by atoms with Crippen LogP contribution in [0.15, 0.2) is 54.6 Å². The van der Waals surface area contributed by atoms with Crippen LogP contribution in [0, 0.1) is 28.7 Å². The standard InChI is InChI=1S/C33H34ClF4N5O7/c1-5-49-24(45)15-43(23(44)16-50-28-25(37)20(35)14-21(36)26(28)38)42-31(47)27(17-9-7-6-8-10-17)40-32(48)29(33(2,3)4)41-30(46)18-11-12-22(39)19(34)13-18/h6-14,27,29H,5,15-16,39H2,1-4H3,(H,40,48)(H,41,46)(H,42,47). The van der Waals surface area contributed by atoms with E-state index in [9.17, 15) is 41.5 Å². The average molecular weight is 724 g/mol. The van der Waals surface area contributed by atoms with E-state index in [0.717, 1.165) is 0 Å². The lowest BCUT2D eigenvalue weighted by atomic mass is 9.85. The summed E-state index contributed by atoms with van der Waals surface area (Å²) in [5.41, 5.74) is 7.47. The molecule has 0 aromatic heterocycles. The third kappa shape index (κ3) is 10.1. The number of nitrogens with two attached hydrogens (primary N) is 1. The summed E-state index contributed by atoms with van der Waals surface area (Å²) in [6.07, 6.45) is 0. The number of ether oxygens (including phenoxy) is 2. The highest BCUT2D eigenvalue weighted by molar-refractivity contribution is 6.33. The van der Waals surface area contributed by atoms with Crippen molar-refractivity contribution in [3.8, 4) is 5.75 Å². The van der Waals surface area contributed by atoms with E-state index in [1.807, 2.05) is 0 Å². The van der Waals surface area contributed by atoms with Gasteiger partial charge in [-0.3, -0.25) is 29.4 Å². The zero-order valence-corrected chi connectivity index (χ0v) is 28.0. The zero-order chi connectivity index (χ0) is 37.3. The van der Waals surface area contributed by atoms with Crippen LogP contribution in [0.25, 0.3) is 0 Å². The topological polar surface area (TPSA) is 169 Å². The monoisotopic (exact) mass is 723 g/mol. The maximum atomic E-state index is 14.1. The van der Waals surface area contributed by atoms with Crippen molar-refractivity contribution < 1.29 is 51.0 Å². The second kappa shape index (κ2) is 16.8. The smallest absolute Gasteiger partial charge is 0.327 e. The van der Waals surface area contributed by atoms with Gasteiger partial charge in [0.25, 0.3) is 17.7 Å². The Kier molecular flexibility index (Phi) is 13.1. The molecule has 0 aliphatic rings. The molecule has 3 rings (SSSR count). The first-order chi connectivity index (χ1) is 23.4. The van der Waals surface area contributed by atoms with Crippen molar-refractivity contribution in [2.75, 3.05) is 25.5 Å². The minimum atomic E-state index is -1.93. The van der Waals surface area contributed by atoms with Gasteiger partial charge in [0.05, 0.1) is 17.3 Å². The SMILES string of the molecule is CCOC(=O)CN(NC(=O)C(NC(=O)C(NC(=O)c1ccc(N)c(Cl)c1)C(C)(C)C)c1ccccc1)C(=O)COc1c(F)c(F)cc(F)c1F. The Morgan fingerprint density at radius 2 is 1.52 bits per heavy atom. The van der Waals surface area contributed by atoms with Gasteiger partial charge in [0.15, 0.2) is 24.0 Å². The largest absolute Gasteiger partial charge is 0.477 e. The fraction of sp³-hybridized carbons (Fsp3) is 0.303. The number of amides is 4. The van der Waals surface area contributed by atoms with E-state index in [-0.39, 0.29) is 34.5 Å². The molecule has 0 spiro atoms. The number of carbonyl (C=O) groups is 5. The van der Waals surface area contributed by atoms with E-state index in [2.05, 4.69) is 16.1 Å². The molecule has 3 aromatic carbocycles. The van der Waals surface area contributed by atoms with Crippen LogP contribution in [0.5, 0.6) is 5.75 Å². The van der Waals surface area contributed by atoms with Crippen LogP contribution in [0.1, 0.15) is 49.7 Å². The maximum absolute atomic E-state index is 14.1. The minimum absolute atomic E-state index is 0.0617. The highest BCUT2D eigenvalue weighted by atomic mass is 35.5. The molecule has 0 saturated carbocycles. The van der Waals surface area contributed by atoms with Gasteiger partial charge in [-0.05, 0) is 36.1 Å². The van der Waals surface area contributed by atoms with Crippen LogP contribution in [0.4, 0.5) is 23.2 Å². The van der Waals surface area contributed by atoms with Crippen LogP contribution in [-0.4, -0.2) is 60.4 Å². The molecule has 50 heavy (non-hydrogen) atoms. The first-order valence-corrected chi connectivity index (χ1v) is 15.3. The summed E-state index contributed by atoms with van der Waals surface area (Å²) in [7, 11) is 0. The summed E-state index contributed by atoms with van der Waals surface area (Å²) in [5.74, 6) is -14.0. The van der Waals surface area contributed by atoms with Crippen molar-refractivity contribution in [3.05, 3.63) is 94.0 Å². The third-order valence-corrected chi connectivity index (χ3v) is 7.23. The summed E-state index contributed by atoms with van der Waals surface area (Å²) in [4.78, 5) is 66.1. The van der Waals surface area contributed by atoms with Crippen molar-refractivity contribution in [1.29, 1.82) is 0 Å². The highest BCUT2D eigenvalue weighted by Gasteiger charge is 2.36. The second-order valence-electron chi connectivity index (χ2n) is 11.7. The number of nitrogens with one attached hydrogen (secondary N) is 3. The zero-order valence-electron chi connectivity index (χ0n) is 27.2. The molecule has 12 nitrogen and oxygen atoms in total. The van der Waals surface area contributed by atoms with Gasteiger partial charge in [-0.15, -0.1) is 0 Å². The van der Waals surface area contributed by atoms with Crippen molar-refractivity contribution in [2.24, 2.45) is 5.41 Å². The summed E-state index contributed by atoms with van der Waals surface area (Å²) in [5, 5.41) is 5.66. The molecular formula is C33H34ClF4N5O7. The number of rotatable bonds is 12. The molecule has 0 bridgehead atoms. The van der Waals surface area contributed by atoms with Crippen LogP contribution in [-0.2, 0) is 23.9 Å². The first kappa shape index (κ1) is 39.1. The lowest BCUT2D eigenvalue weighted by Crippen LogP contribution is -2.57. The van der Waals surface area contributed by atoms with E-state index in [0.29, 0.717) is 5.01 Å². The van der Waals surface area contributed by atoms with E-state index >= 15 is 0 Å². The molecular weight excluding hydrogens is 690 g/mol. The van der Waals surface area contributed by atoms with Gasteiger partial charge >= 0.3 is 5.97 Å². The summed E-state index contributed by atoms with van der Waals surface area (Å²) in [6.45, 7) is 4.03. The van der Waals surface area contributed by atoms with Gasteiger partial charge in [-0.1, -0.05) is 62.7 Å². The van der Waals surface area contributed by atoms with Crippen molar-refractivity contribution in [1.82, 2.24) is 21.1 Å². The molecule has 2 atom stereocenters. The fourth-order valence-corrected chi connectivity index (χ4v) is 4.52. The maximum Gasteiger partial charge on any atom is 0.327 e. The van der Waals surface area contributed by atoms with Crippen LogP contribution >= 0.6 is 11.6 Å². The Morgan fingerprint density at radius 1 is 0.900 bits per heavy atom. The van der Waals surface area contributed by atoms with Crippen molar-refractivity contribution in [2.45, 2.75) is 39.8 Å². The molecule has 17 heteroatoms. The van der Waals surface area contributed by atoms with Gasteiger partial charge in [0, 0.05) is 11.6 Å². The molecule has 5 N–H and O–H groups in total. The van der Waals surface area contributed by atoms with E-state index in [1.54, 1.807) is 39.0 Å². The Morgan fingerprint density at radius 3 is 2.08 bits per heavy atom. The molecule has 4 amide bonds. The normalized spacial score (nSPS) is 12.3. The first-order valence-electron chi connectivity index (χ1n) is 14.9. The summed E-state index contributed by atoms with van der Waals surface area (Å²) >= 11 is 6.05. The Bertz CT molecular complexity index is 1730. The number of hydrazine groups is 1. The number of hydrogen-bond acceptors (Lipinski definition) is 8. The summed E-state index contributed by atoms with van der Waals surface area (Å²) < 4.78 is 65.1. The van der Waals surface area contributed by atoms with Crippen LogP contribution in [0.2, 0.25) is 5.02 Å². The molecule has 0 saturated heterocycles. The Labute approximate surface area is 289 Å². The van der Waals surface area contributed by atoms with Crippen LogP contribution in [0.3, 0.4) is 0 Å². The van der Waals surface area contributed by atoms with Crippen molar-refractivity contribution >= 4 is 46.9 Å².